The minimum Gasteiger partial charge on any atom is -0.360 e. The molecule has 0 aromatic heterocycles. The van der Waals surface area contributed by atoms with Gasteiger partial charge in [0.15, 0.2) is 5.11 Å². The van der Waals surface area contributed by atoms with E-state index in [2.05, 4.69) is 34.9 Å². The topological polar surface area (TPSA) is 24.1 Å². The molecular weight excluding hydrogens is 300 g/mol. The van der Waals surface area contributed by atoms with Crippen LogP contribution in [0.25, 0.3) is 0 Å². The van der Waals surface area contributed by atoms with Gasteiger partial charge in [0.1, 0.15) is 0 Å². The largest absolute Gasteiger partial charge is 0.360 e. The number of benzene rings is 1. The van der Waals surface area contributed by atoms with Crippen molar-refractivity contribution in [2.45, 2.75) is 83.2 Å². The van der Waals surface area contributed by atoms with E-state index in [1.54, 1.807) is 0 Å². The number of hydrogen-bond donors (Lipinski definition) is 2. The second-order valence-corrected chi connectivity index (χ2v) is 7.18. The molecule has 1 aliphatic carbocycles. The Morgan fingerprint density at radius 2 is 1.35 bits per heavy atom. The van der Waals surface area contributed by atoms with Gasteiger partial charge in [-0.3, -0.25) is 0 Å². The highest BCUT2D eigenvalue weighted by molar-refractivity contribution is 7.80. The van der Waals surface area contributed by atoms with Crippen molar-refractivity contribution < 1.29 is 0 Å². The molecule has 128 valence electrons. The smallest absolute Gasteiger partial charge is 0.166 e. The molecule has 0 saturated heterocycles. The van der Waals surface area contributed by atoms with E-state index in [4.69, 9.17) is 12.2 Å². The van der Waals surface area contributed by atoms with Crippen molar-refractivity contribution in [3.05, 3.63) is 35.9 Å². The third-order valence-corrected chi connectivity index (χ3v) is 5.00. The molecule has 1 saturated carbocycles. The fourth-order valence-corrected chi connectivity index (χ4v) is 3.56. The van der Waals surface area contributed by atoms with Crippen LogP contribution in [0, 0.1) is 0 Å². The molecule has 1 aliphatic rings. The van der Waals surface area contributed by atoms with E-state index in [0.717, 1.165) is 11.7 Å². The van der Waals surface area contributed by atoms with Crippen LogP contribution in [0.4, 0.5) is 0 Å². The van der Waals surface area contributed by atoms with E-state index in [9.17, 15) is 0 Å². The SMILES string of the molecule is S=C(NCc1ccccc1)NC1CCCCCCCCCCC1. The summed E-state index contributed by atoms with van der Waals surface area (Å²) in [4.78, 5) is 0. The van der Waals surface area contributed by atoms with E-state index in [1.807, 2.05) is 6.07 Å². The lowest BCUT2D eigenvalue weighted by molar-refractivity contribution is 0.441. The zero-order valence-corrected chi connectivity index (χ0v) is 15.2. The molecule has 0 atom stereocenters. The summed E-state index contributed by atoms with van der Waals surface area (Å²) >= 11 is 5.50. The van der Waals surface area contributed by atoms with Gasteiger partial charge in [0.2, 0.25) is 0 Å². The van der Waals surface area contributed by atoms with Crippen molar-refractivity contribution in [1.82, 2.24) is 10.6 Å². The van der Waals surface area contributed by atoms with Gasteiger partial charge in [0.05, 0.1) is 0 Å². The molecule has 0 bridgehead atoms. The average Bonchev–Trinajstić information content (AvgIpc) is 2.56. The summed E-state index contributed by atoms with van der Waals surface area (Å²) in [7, 11) is 0. The minimum atomic E-state index is 0.546. The highest BCUT2D eigenvalue weighted by atomic mass is 32.1. The Morgan fingerprint density at radius 1 is 0.826 bits per heavy atom. The first-order valence-electron chi connectivity index (χ1n) is 9.43. The Labute approximate surface area is 147 Å². The quantitative estimate of drug-likeness (QED) is 0.732. The molecule has 0 heterocycles. The molecule has 1 fully saturated rings. The van der Waals surface area contributed by atoms with Crippen LogP contribution in [-0.2, 0) is 6.54 Å². The van der Waals surface area contributed by atoms with Crippen LogP contribution < -0.4 is 10.6 Å². The number of hydrogen-bond acceptors (Lipinski definition) is 1. The third kappa shape index (κ3) is 8.36. The maximum atomic E-state index is 5.50. The molecule has 1 aromatic rings. The van der Waals surface area contributed by atoms with Crippen LogP contribution in [0.3, 0.4) is 0 Å². The highest BCUT2D eigenvalue weighted by Gasteiger charge is 2.10. The summed E-state index contributed by atoms with van der Waals surface area (Å²) in [5.41, 5.74) is 1.27. The molecule has 0 radical (unpaired) electrons. The molecule has 23 heavy (non-hydrogen) atoms. The molecule has 0 amide bonds. The number of thiocarbonyl (C=S) groups is 1. The van der Waals surface area contributed by atoms with Gasteiger partial charge in [0, 0.05) is 12.6 Å². The Hall–Kier alpha value is -1.09. The van der Waals surface area contributed by atoms with Crippen molar-refractivity contribution >= 4 is 17.3 Å². The van der Waals surface area contributed by atoms with Gasteiger partial charge in [-0.25, -0.2) is 0 Å². The molecule has 0 spiro atoms. The summed E-state index contributed by atoms with van der Waals surface area (Å²) in [5.74, 6) is 0. The number of nitrogens with one attached hydrogen (secondary N) is 2. The summed E-state index contributed by atoms with van der Waals surface area (Å²) < 4.78 is 0. The van der Waals surface area contributed by atoms with E-state index < -0.39 is 0 Å². The van der Waals surface area contributed by atoms with Crippen molar-refractivity contribution in [1.29, 1.82) is 0 Å². The first-order chi connectivity index (χ1) is 11.3. The van der Waals surface area contributed by atoms with E-state index >= 15 is 0 Å². The molecule has 2 nitrogen and oxygen atoms in total. The fourth-order valence-electron chi connectivity index (χ4n) is 3.32. The molecule has 0 aliphatic heterocycles. The van der Waals surface area contributed by atoms with Crippen molar-refractivity contribution in [2.24, 2.45) is 0 Å². The zero-order valence-electron chi connectivity index (χ0n) is 14.4. The Bertz CT molecular complexity index is 421. The van der Waals surface area contributed by atoms with Crippen LogP contribution in [0.1, 0.15) is 76.2 Å². The van der Waals surface area contributed by atoms with Crippen molar-refractivity contribution in [3.8, 4) is 0 Å². The maximum Gasteiger partial charge on any atom is 0.166 e. The molecule has 0 unspecified atom stereocenters. The maximum absolute atomic E-state index is 5.50. The average molecular weight is 333 g/mol. The first kappa shape index (κ1) is 18.3. The summed E-state index contributed by atoms with van der Waals surface area (Å²) in [6, 6.07) is 11.0. The molecule has 2 N–H and O–H groups in total. The Kier molecular flexibility index (Phi) is 9.08. The highest BCUT2D eigenvalue weighted by Crippen LogP contribution is 2.16. The van der Waals surface area contributed by atoms with Gasteiger partial charge in [-0.1, -0.05) is 88.1 Å². The second-order valence-electron chi connectivity index (χ2n) is 6.77. The number of rotatable bonds is 3. The van der Waals surface area contributed by atoms with Gasteiger partial charge < -0.3 is 10.6 Å². The lowest BCUT2D eigenvalue weighted by Gasteiger charge is -2.21. The first-order valence-corrected chi connectivity index (χ1v) is 9.84. The molecular formula is C20H32N2S. The predicted octanol–water partition coefficient (Wildman–Crippen LogP) is 5.32. The van der Waals surface area contributed by atoms with E-state index in [-0.39, 0.29) is 0 Å². The third-order valence-electron chi connectivity index (χ3n) is 4.74. The van der Waals surface area contributed by atoms with E-state index in [0.29, 0.717) is 6.04 Å². The van der Waals surface area contributed by atoms with Crippen LogP contribution in [0.2, 0.25) is 0 Å². The van der Waals surface area contributed by atoms with Crippen LogP contribution in [0.15, 0.2) is 30.3 Å². The standard InChI is InChI=1S/C20H32N2S/c23-20(21-17-18-13-9-8-10-14-18)22-19-15-11-6-4-2-1-3-5-7-12-16-19/h8-10,13-14,19H,1-7,11-12,15-17H2,(H2,21,22,23). The van der Waals surface area contributed by atoms with Crippen molar-refractivity contribution in [3.63, 3.8) is 0 Å². The normalized spacial score (nSPS) is 18.4. The van der Waals surface area contributed by atoms with Gasteiger partial charge in [0.25, 0.3) is 0 Å². The fraction of sp³-hybridized carbons (Fsp3) is 0.650. The monoisotopic (exact) mass is 332 g/mol. The van der Waals surface area contributed by atoms with Crippen LogP contribution in [0.5, 0.6) is 0 Å². The van der Waals surface area contributed by atoms with Crippen LogP contribution in [-0.4, -0.2) is 11.2 Å². The Morgan fingerprint density at radius 3 is 1.91 bits per heavy atom. The van der Waals surface area contributed by atoms with Gasteiger partial charge >= 0.3 is 0 Å². The van der Waals surface area contributed by atoms with E-state index in [1.165, 1.54) is 76.2 Å². The minimum absolute atomic E-state index is 0.546. The lowest BCUT2D eigenvalue weighted by Crippen LogP contribution is -2.41. The molecule has 1 aromatic carbocycles. The Balaban J connectivity index is 1.72. The summed E-state index contributed by atoms with van der Waals surface area (Å²) in [5, 5.41) is 7.73. The summed E-state index contributed by atoms with van der Waals surface area (Å²) in [6.07, 6.45) is 15.0. The van der Waals surface area contributed by atoms with Gasteiger partial charge in [-0.15, -0.1) is 0 Å². The van der Waals surface area contributed by atoms with Crippen LogP contribution >= 0.6 is 12.2 Å². The zero-order chi connectivity index (χ0) is 16.2. The predicted molar refractivity (Wildman–Crippen MR) is 104 cm³/mol. The lowest BCUT2D eigenvalue weighted by atomic mass is 9.98. The summed E-state index contributed by atoms with van der Waals surface area (Å²) in [6.45, 7) is 0.805. The van der Waals surface area contributed by atoms with Gasteiger partial charge in [-0.05, 0) is 30.6 Å². The molecule has 3 heteroatoms. The molecule has 2 rings (SSSR count). The second kappa shape index (κ2) is 11.4. The van der Waals surface area contributed by atoms with Crippen molar-refractivity contribution in [2.75, 3.05) is 0 Å². The van der Waals surface area contributed by atoms with Gasteiger partial charge in [-0.2, -0.15) is 0 Å².